The van der Waals surface area contributed by atoms with Crippen LogP contribution in [0.25, 0.3) is 0 Å². The van der Waals surface area contributed by atoms with Gasteiger partial charge in [-0.3, -0.25) is 19.7 Å². The molecule has 0 fully saturated rings. The van der Waals surface area contributed by atoms with E-state index in [0.717, 1.165) is 11.3 Å². The van der Waals surface area contributed by atoms with E-state index in [2.05, 4.69) is 25.9 Å². The van der Waals surface area contributed by atoms with E-state index in [0.29, 0.717) is 59.4 Å². The number of amides is 3. The number of anilines is 3. The summed E-state index contributed by atoms with van der Waals surface area (Å²) in [4.78, 5) is 50.9. The van der Waals surface area contributed by atoms with E-state index in [1.165, 1.54) is 40.5 Å². The number of carbonyl (C=O) groups is 3. The number of methoxy groups -OCH3 is 4. The first-order chi connectivity index (χ1) is 22.3. The van der Waals surface area contributed by atoms with Gasteiger partial charge in [0, 0.05) is 31.3 Å². The van der Waals surface area contributed by atoms with Crippen molar-refractivity contribution < 1.29 is 33.3 Å². The van der Waals surface area contributed by atoms with Crippen LogP contribution in [0.2, 0.25) is 0 Å². The van der Waals surface area contributed by atoms with Gasteiger partial charge in [0.2, 0.25) is 11.7 Å². The maximum absolute atomic E-state index is 13.8. The van der Waals surface area contributed by atoms with Gasteiger partial charge in [0.1, 0.15) is 17.3 Å². The molecule has 0 bridgehead atoms. The summed E-state index contributed by atoms with van der Waals surface area (Å²) in [5.74, 6) is 0.623. The summed E-state index contributed by atoms with van der Waals surface area (Å²) in [5, 5.41) is 8.13. The Hall–Kier alpha value is -5.85. The number of nitrogens with one attached hydrogen (secondary N) is 3. The number of rotatable bonds is 11. The van der Waals surface area contributed by atoms with Crippen molar-refractivity contribution in [1.29, 1.82) is 0 Å². The van der Waals surface area contributed by atoms with Gasteiger partial charge in [-0.25, -0.2) is 4.98 Å². The molecule has 3 amide bonds. The predicted octanol–water partition coefficient (Wildman–Crippen LogP) is 3.94. The molecule has 4 aromatic rings. The highest BCUT2D eigenvalue weighted by Gasteiger charge is 2.30. The lowest BCUT2D eigenvalue weighted by Crippen LogP contribution is -2.24. The van der Waals surface area contributed by atoms with Crippen LogP contribution in [0.5, 0.6) is 23.0 Å². The van der Waals surface area contributed by atoms with Crippen LogP contribution in [-0.4, -0.2) is 69.7 Å². The number of nitrogens with zero attached hydrogens (tertiary/aromatic N) is 3. The van der Waals surface area contributed by atoms with Crippen LogP contribution in [0.1, 0.15) is 42.3 Å². The Balaban J connectivity index is 1.52. The normalized spacial score (nSPS) is 11.7. The molecule has 0 unspecified atom stereocenters. The van der Waals surface area contributed by atoms with Crippen molar-refractivity contribution in [3.05, 3.63) is 88.6 Å². The number of aromatic nitrogens is 2. The number of benzene rings is 3. The van der Waals surface area contributed by atoms with Crippen molar-refractivity contribution in [2.75, 3.05) is 57.6 Å². The Kier molecular flexibility index (Phi) is 9.50. The van der Waals surface area contributed by atoms with Crippen molar-refractivity contribution in [1.82, 2.24) is 15.3 Å². The Morgan fingerprint density at radius 1 is 0.804 bits per heavy atom. The minimum Gasteiger partial charge on any atom is -0.497 e. The summed E-state index contributed by atoms with van der Waals surface area (Å²) >= 11 is 0. The fourth-order valence-corrected chi connectivity index (χ4v) is 5.16. The highest BCUT2D eigenvalue weighted by molar-refractivity contribution is 6.10. The van der Waals surface area contributed by atoms with Gasteiger partial charge >= 0.3 is 0 Å². The zero-order valence-corrected chi connectivity index (χ0v) is 26.1. The van der Waals surface area contributed by atoms with Crippen molar-refractivity contribution in [3.63, 3.8) is 0 Å². The van der Waals surface area contributed by atoms with E-state index in [1.807, 2.05) is 29.2 Å². The third kappa shape index (κ3) is 6.48. The topological polar surface area (TPSA) is 153 Å². The first-order valence-electron chi connectivity index (χ1n) is 14.3. The van der Waals surface area contributed by atoms with Gasteiger partial charge < -0.3 is 34.5 Å². The maximum Gasteiger partial charge on any atom is 0.274 e. The molecule has 3 aromatic carbocycles. The molecule has 238 valence electrons. The minimum absolute atomic E-state index is 0.0779. The summed E-state index contributed by atoms with van der Waals surface area (Å²) in [5.41, 5.74) is 2.50. The van der Waals surface area contributed by atoms with Crippen LogP contribution in [0.3, 0.4) is 0 Å². The Morgan fingerprint density at radius 2 is 1.50 bits per heavy atom. The third-order valence-corrected chi connectivity index (χ3v) is 7.46. The van der Waals surface area contributed by atoms with E-state index in [1.54, 1.807) is 31.4 Å². The number of ether oxygens (including phenoxy) is 4. The van der Waals surface area contributed by atoms with Gasteiger partial charge in [-0.1, -0.05) is 24.3 Å². The molecule has 1 aliphatic rings. The minimum atomic E-state index is -0.560. The lowest BCUT2D eigenvalue weighted by molar-refractivity contribution is 0.0962. The highest BCUT2D eigenvalue weighted by atomic mass is 16.5. The number of para-hydroxylation sites is 1. The lowest BCUT2D eigenvalue weighted by Gasteiger charge is -2.20. The molecule has 0 atom stereocenters. The van der Waals surface area contributed by atoms with Gasteiger partial charge in [-0.15, -0.1) is 0 Å². The Morgan fingerprint density at radius 3 is 2.13 bits per heavy atom. The second-order valence-corrected chi connectivity index (χ2v) is 10.2. The molecule has 1 aliphatic heterocycles. The summed E-state index contributed by atoms with van der Waals surface area (Å²) in [6.07, 6.45) is 0.492. The summed E-state index contributed by atoms with van der Waals surface area (Å²) in [7, 11) is 7.49. The summed E-state index contributed by atoms with van der Waals surface area (Å²) < 4.78 is 21.4. The van der Waals surface area contributed by atoms with Gasteiger partial charge in [-0.05, 0) is 48.4 Å². The van der Waals surface area contributed by atoms with E-state index >= 15 is 0 Å². The fourth-order valence-electron chi connectivity index (χ4n) is 5.16. The van der Waals surface area contributed by atoms with Crippen LogP contribution < -0.4 is 39.8 Å². The molecule has 13 nitrogen and oxygen atoms in total. The molecule has 0 saturated heterocycles. The Bertz CT molecular complexity index is 1750. The van der Waals surface area contributed by atoms with Crippen molar-refractivity contribution >= 4 is 35.2 Å². The second-order valence-electron chi connectivity index (χ2n) is 10.2. The third-order valence-electron chi connectivity index (χ3n) is 7.46. The molecule has 0 aliphatic carbocycles. The van der Waals surface area contributed by atoms with Crippen LogP contribution >= 0.6 is 0 Å². The first kappa shape index (κ1) is 31.6. The van der Waals surface area contributed by atoms with E-state index in [-0.39, 0.29) is 23.1 Å². The number of hydrogen-bond donors (Lipinski definition) is 3. The molecular weight excluding hydrogens is 592 g/mol. The largest absolute Gasteiger partial charge is 0.497 e. The molecule has 1 aromatic heterocycles. The second kappa shape index (κ2) is 13.8. The van der Waals surface area contributed by atoms with Crippen LogP contribution in [-0.2, 0) is 13.0 Å². The molecule has 0 radical (unpaired) electrons. The van der Waals surface area contributed by atoms with Crippen molar-refractivity contribution in [2.24, 2.45) is 0 Å². The molecule has 3 N–H and O–H groups in total. The molecule has 46 heavy (non-hydrogen) atoms. The van der Waals surface area contributed by atoms with Gasteiger partial charge in [-0.2, -0.15) is 4.98 Å². The van der Waals surface area contributed by atoms with Crippen LogP contribution in [0.15, 0.2) is 60.7 Å². The van der Waals surface area contributed by atoms with E-state index in [9.17, 15) is 14.4 Å². The quantitative estimate of drug-likeness (QED) is 0.223. The van der Waals surface area contributed by atoms with Crippen molar-refractivity contribution in [3.8, 4) is 23.0 Å². The summed E-state index contributed by atoms with van der Waals surface area (Å²) in [6.45, 7) is 1.06. The zero-order chi connectivity index (χ0) is 32.8. The zero-order valence-electron chi connectivity index (χ0n) is 26.1. The molecule has 2 heterocycles. The first-order valence-corrected chi connectivity index (χ1v) is 14.3. The summed E-state index contributed by atoms with van der Waals surface area (Å²) in [6, 6.07) is 17.3. The monoisotopic (exact) mass is 626 g/mol. The molecule has 0 spiro atoms. The number of carbonyl (C=O) groups excluding carboxylic acids is 3. The Labute approximate surface area is 265 Å². The van der Waals surface area contributed by atoms with Gasteiger partial charge in [0.05, 0.1) is 39.7 Å². The predicted molar refractivity (Wildman–Crippen MR) is 172 cm³/mol. The van der Waals surface area contributed by atoms with Crippen molar-refractivity contribution in [2.45, 2.75) is 13.0 Å². The highest BCUT2D eigenvalue weighted by Crippen LogP contribution is 2.38. The smallest absolute Gasteiger partial charge is 0.274 e. The van der Waals surface area contributed by atoms with Crippen LogP contribution in [0, 0.1) is 0 Å². The number of hydrogen-bond acceptors (Lipinski definition) is 10. The lowest BCUT2D eigenvalue weighted by atomic mass is 10.1. The SMILES string of the molecule is CNC(=O)c1ccccc1NC(=O)c1nc(NC(=O)c2cc(OC)c(OC)c(OC)c2)nc2c1CCN2Cc1ccc(OC)cc1. The molecular formula is C33H34N6O7. The average molecular weight is 627 g/mol. The standard InChI is InChI=1S/C33H34N6O7/c1-34-31(41)22-8-6-7-9-24(22)35-32(42)27-23-14-15-39(18-19-10-12-21(43-2)13-11-19)29(23)37-33(36-27)38-30(40)20-16-25(44-3)28(46-5)26(17-20)45-4/h6-13,16-17H,14-15,18H2,1-5H3,(H,34,41)(H,35,42)(H,36,37,38,40). The van der Waals surface area contributed by atoms with Crippen LogP contribution in [0.4, 0.5) is 17.5 Å². The average Bonchev–Trinajstić information content (AvgIpc) is 3.49. The van der Waals surface area contributed by atoms with Gasteiger partial charge in [0.15, 0.2) is 11.5 Å². The van der Waals surface area contributed by atoms with E-state index in [4.69, 9.17) is 18.9 Å². The molecule has 5 rings (SSSR count). The number of fused-ring (bicyclic) bond motifs is 1. The molecule has 0 saturated carbocycles. The molecule has 13 heteroatoms. The fraction of sp³-hybridized carbons (Fsp3) is 0.242. The maximum atomic E-state index is 13.8. The van der Waals surface area contributed by atoms with Gasteiger partial charge in [0.25, 0.3) is 17.7 Å². The van der Waals surface area contributed by atoms with E-state index < -0.39 is 11.8 Å².